The van der Waals surface area contributed by atoms with E-state index in [1.165, 1.54) is 0 Å². The Morgan fingerprint density at radius 3 is 2.66 bits per heavy atom. The van der Waals surface area contributed by atoms with Crippen molar-refractivity contribution < 1.29 is 23.2 Å². The zero-order valence-electron chi connectivity index (χ0n) is 15.8. The zero-order chi connectivity index (χ0) is 20.4. The zero-order valence-corrected chi connectivity index (χ0v) is 16.7. The number of methoxy groups -OCH3 is 1. The van der Waals surface area contributed by atoms with E-state index in [0.717, 1.165) is 10.3 Å². The van der Waals surface area contributed by atoms with Crippen molar-refractivity contribution in [1.29, 1.82) is 0 Å². The topological polar surface area (TPSA) is 86.7 Å². The molecule has 29 heavy (non-hydrogen) atoms. The number of ether oxygens (including phenoxy) is 2. The minimum atomic E-state index is -0.361. The molecular formula is C21H18N2O5S. The van der Waals surface area contributed by atoms with Gasteiger partial charge in [-0.25, -0.2) is 0 Å². The van der Waals surface area contributed by atoms with Crippen LogP contribution >= 0.6 is 12.6 Å². The molecule has 0 spiro atoms. The molecule has 0 saturated heterocycles. The summed E-state index contributed by atoms with van der Waals surface area (Å²) in [5.74, 6) is 2.30. The molecule has 148 valence electrons. The van der Waals surface area contributed by atoms with Gasteiger partial charge in [0.15, 0.2) is 5.82 Å². The first-order chi connectivity index (χ1) is 14.0. The molecule has 1 N–H and O–H groups in total. The molecule has 0 fully saturated rings. The molecule has 0 aliphatic heterocycles. The molecule has 4 rings (SSSR count). The molecule has 0 atom stereocenters. The highest BCUT2D eigenvalue weighted by Crippen LogP contribution is 2.34. The molecule has 2 heterocycles. The van der Waals surface area contributed by atoms with Crippen molar-refractivity contribution in [2.75, 3.05) is 12.4 Å². The Balaban J connectivity index is 1.72. The Labute approximate surface area is 172 Å². The Hall–Kier alpha value is -3.23. The highest BCUT2D eigenvalue weighted by atomic mass is 32.1. The lowest BCUT2D eigenvalue weighted by Gasteiger charge is -2.09. The first-order valence-corrected chi connectivity index (χ1v) is 9.23. The predicted octanol–water partition coefficient (Wildman–Crippen LogP) is 5.21. The van der Waals surface area contributed by atoms with Gasteiger partial charge >= 0.3 is 0 Å². The Bertz CT molecular complexity index is 1160. The second-order valence-corrected chi connectivity index (χ2v) is 6.92. The maximum absolute atomic E-state index is 12.7. The highest BCUT2D eigenvalue weighted by molar-refractivity contribution is 7.80. The van der Waals surface area contributed by atoms with E-state index in [4.69, 9.17) is 18.4 Å². The largest absolute Gasteiger partial charge is 0.458 e. The fourth-order valence-electron chi connectivity index (χ4n) is 2.84. The number of aromatic nitrogens is 1. The van der Waals surface area contributed by atoms with Gasteiger partial charge in [-0.3, -0.25) is 4.79 Å². The van der Waals surface area contributed by atoms with E-state index in [9.17, 15) is 4.79 Å². The van der Waals surface area contributed by atoms with Crippen LogP contribution in [0.3, 0.4) is 0 Å². The minimum absolute atomic E-state index is 0.308. The monoisotopic (exact) mass is 410 g/mol. The van der Waals surface area contributed by atoms with Gasteiger partial charge in [-0.05, 0) is 49.4 Å². The summed E-state index contributed by atoms with van der Waals surface area (Å²) >= 11 is 4.28. The fourth-order valence-corrected chi connectivity index (χ4v) is 2.99. The van der Waals surface area contributed by atoms with Crippen LogP contribution in [0.5, 0.6) is 11.5 Å². The fraction of sp³-hybridized carbons (Fsp3) is 0.143. The third-order valence-electron chi connectivity index (χ3n) is 4.13. The first-order valence-electron chi connectivity index (χ1n) is 8.79. The molecule has 2 aromatic carbocycles. The van der Waals surface area contributed by atoms with Crippen molar-refractivity contribution >= 4 is 35.3 Å². The van der Waals surface area contributed by atoms with Gasteiger partial charge in [-0.1, -0.05) is 5.16 Å². The third kappa shape index (κ3) is 4.28. The van der Waals surface area contributed by atoms with Crippen LogP contribution in [0.1, 0.15) is 21.9 Å². The predicted molar refractivity (Wildman–Crippen MR) is 110 cm³/mol. The van der Waals surface area contributed by atoms with Crippen molar-refractivity contribution in [3.8, 4) is 11.5 Å². The van der Waals surface area contributed by atoms with Crippen LogP contribution in [0, 0.1) is 6.92 Å². The van der Waals surface area contributed by atoms with Crippen LogP contribution in [0.25, 0.3) is 11.0 Å². The highest BCUT2D eigenvalue weighted by Gasteiger charge is 2.17. The standard InChI is InChI=1S/C21H18N2O5S/c1-12-7-20(23-28-12)22-21(24)13-8-18(26-14-3-5-16(29)6-4-14)17-10-15(11-25-2)27-19(17)9-13/h3-10,29H,11H2,1-2H3,(H,22,23,24). The summed E-state index contributed by atoms with van der Waals surface area (Å²) < 4.78 is 22.0. The van der Waals surface area contributed by atoms with Crippen LogP contribution in [0.4, 0.5) is 5.82 Å². The summed E-state index contributed by atoms with van der Waals surface area (Å²) in [7, 11) is 1.59. The molecule has 0 bridgehead atoms. The summed E-state index contributed by atoms with van der Waals surface area (Å²) in [5, 5.41) is 7.22. The molecule has 0 aliphatic rings. The van der Waals surface area contributed by atoms with E-state index in [2.05, 4.69) is 23.1 Å². The average molecular weight is 410 g/mol. The summed E-state index contributed by atoms with van der Waals surface area (Å²) in [6, 6.07) is 14.0. The Morgan fingerprint density at radius 1 is 1.17 bits per heavy atom. The minimum Gasteiger partial charge on any atom is -0.458 e. The van der Waals surface area contributed by atoms with Crippen LogP contribution in [0.2, 0.25) is 0 Å². The molecular weight excluding hydrogens is 392 g/mol. The maximum atomic E-state index is 12.7. The summed E-state index contributed by atoms with van der Waals surface area (Å²) in [6.45, 7) is 2.05. The molecule has 0 aliphatic carbocycles. The second-order valence-electron chi connectivity index (χ2n) is 6.40. The van der Waals surface area contributed by atoms with Gasteiger partial charge in [-0.15, -0.1) is 12.6 Å². The van der Waals surface area contributed by atoms with E-state index in [0.29, 0.717) is 46.6 Å². The number of hydrogen-bond donors (Lipinski definition) is 2. The number of benzene rings is 2. The van der Waals surface area contributed by atoms with Gasteiger partial charge in [0.1, 0.15) is 35.2 Å². The van der Waals surface area contributed by atoms with E-state index < -0.39 is 0 Å². The lowest BCUT2D eigenvalue weighted by Crippen LogP contribution is -2.12. The van der Waals surface area contributed by atoms with Gasteiger partial charge in [0, 0.05) is 23.6 Å². The molecule has 0 saturated carbocycles. The molecule has 0 radical (unpaired) electrons. The number of furan rings is 1. The molecule has 7 nitrogen and oxygen atoms in total. The van der Waals surface area contributed by atoms with Gasteiger partial charge in [0.2, 0.25) is 0 Å². The van der Waals surface area contributed by atoms with E-state index in [1.54, 1.807) is 44.4 Å². The number of hydrogen-bond acceptors (Lipinski definition) is 7. The average Bonchev–Trinajstić information content (AvgIpc) is 3.29. The number of carbonyl (C=O) groups excluding carboxylic acids is 1. The van der Waals surface area contributed by atoms with Crippen LogP contribution in [-0.4, -0.2) is 18.2 Å². The smallest absolute Gasteiger partial charge is 0.257 e. The van der Waals surface area contributed by atoms with E-state index >= 15 is 0 Å². The molecule has 1 amide bonds. The third-order valence-corrected chi connectivity index (χ3v) is 4.43. The van der Waals surface area contributed by atoms with Crippen molar-refractivity contribution in [3.63, 3.8) is 0 Å². The van der Waals surface area contributed by atoms with Gasteiger partial charge in [-0.2, -0.15) is 0 Å². The molecule has 0 unspecified atom stereocenters. The number of anilines is 1. The SMILES string of the molecule is COCc1cc2c(Oc3ccc(S)cc3)cc(C(=O)Nc3cc(C)on3)cc2o1. The lowest BCUT2D eigenvalue weighted by molar-refractivity contribution is 0.102. The van der Waals surface area contributed by atoms with Crippen LogP contribution in [-0.2, 0) is 11.3 Å². The lowest BCUT2D eigenvalue weighted by atomic mass is 10.1. The van der Waals surface area contributed by atoms with Crippen LogP contribution in [0.15, 0.2) is 62.4 Å². The van der Waals surface area contributed by atoms with Crippen molar-refractivity contribution in [2.24, 2.45) is 0 Å². The normalized spacial score (nSPS) is 11.0. The number of carbonyl (C=O) groups is 1. The number of thiol groups is 1. The van der Waals surface area contributed by atoms with Crippen LogP contribution < -0.4 is 10.1 Å². The number of nitrogens with zero attached hydrogens (tertiary/aromatic N) is 1. The van der Waals surface area contributed by atoms with E-state index in [1.807, 2.05) is 18.2 Å². The number of nitrogens with one attached hydrogen (secondary N) is 1. The van der Waals surface area contributed by atoms with E-state index in [-0.39, 0.29) is 5.91 Å². The van der Waals surface area contributed by atoms with Crippen molar-refractivity contribution in [2.45, 2.75) is 18.4 Å². The summed E-state index contributed by atoms with van der Waals surface area (Å²) in [4.78, 5) is 13.5. The van der Waals surface area contributed by atoms with Gasteiger partial charge < -0.3 is 23.7 Å². The van der Waals surface area contributed by atoms with Gasteiger partial charge in [0.05, 0.1) is 5.39 Å². The Morgan fingerprint density at radius 2 is 1.97 bits per heavy atom. The van der Waals surface area contributed by atoms with Crippen molar-refractivity contribution in [3.05, 3.63) is 65.6 Å². The first kappa shape index (κ1) is 19.1. The second kappa shape index (κ2) is 8.02. The number of aryl methyl sites for hydroxylation is 1. The number of fused-ring (bicyclic) bond motifs is 1. The quantitative estimate of drug-likeness (QED) is 0.425. The summed E-state index contributed by atoms with van der Waals surface area (Å²) in [5.41, 5.74) is 0.874. The Kier molecular flexibility index (Phi) is 5.28. The van der Waals surface area contributed by atoms with Gasteiger partial charge in [0.25, 0.3) is 5.91 Å². The number of rotatable bonds is 6. The molecule has 4 aromatic rings. The molecule has 2 aromatic heterocycles. The van der Waals surface area contributed by atoms with Crippen molar-refractivity contribution in [1.82, 2.24) is 5.16 Å². The maximum Gasteiger partial charge on any atom is 0.257 e. The number of amides is 1. The molecule has 8 heteroatoms. The summed E-state index contributed by atoms with van der Waals surface area (Å²) in [6.07, 6.45) is 0.